The molecular formula is C17H21BrN4. The highest BCUT2D eigenvalue weighted by Gasteiger charge is 2.14. The maximum absolute atomic E-state index is 4.60. The average Bonchev–Trinajstić information content (AvgIpc) is 2.51. The highest BCUT2D eigenvalue weighted by molar-refractivity contribution is 9.10. The van der Waals surface area contributed by atoms with Crippen LogP contribution in [0.25, 0.3) is 0 Å². The van der Waals surface area contributed by atoms with E-state index in [9.17, 15) is 0 Å². The van der Waals surface area contributed by atoms with Gasteiger partial charge in [0.2, 0.25) is 0 Å². The first-order chi connectivity index (χ1) is 10.6. The molecule has 0 radical (unpaired) electrons. The Balaban J connectivity index is 1.83. The van der Waals surface area contributed by atoms with E-state index >= 15 is 0 Å². The molecule has 2 heterocycles. The van der Waals surface area contributed by atoms with Gasteiger partial charge in [0.05, 0.1) is 0 Å². The first-order valence-electron chi connectivity index (χ1n) is 7.75. The zero-order valence-electron chi connectivity index (χ0n) is 13.1. The predicted octanol–water partition coefficient (Wildman–Crippen LogP) is 4.59. The van der Waals surface area contributed by atoms with Crippen molar-refractivity contribution < 1.29 is 0 Å². The third-order valence-electron chi connectivity index (χ3n) is 3.93. The molecule has 0 atom stereocenters. The Morgan fingerprint density at radius 1 is 1.05 bits per heavy atom. The SMILES string of the molecule is Cc1nc(Nc2ccc(Br)c(C)c2)cc(N2CCCCC2)n1. The number of anilines is 3. The fourth-order valence-electron chi connectivity index (χ4n) is 2.77. The van der Waals surface area contributed by atoms with Crippen molar-refractivity contribution in [1.29, 1.82) is 0 Å². The maximum atomic E-state index is 4.60. The Morgan fingerprint density at radius 3 is 2.55 bits per heavy atom. The Hall–Kier alpha value is -1.62. The first-order valence-corrected chi connectivity index (χ1v) is 8.55. The number of hydrogen-bond donors (Lipinski definition) is 1. The highest BCUT2D eigenvalue weighted by Crippen LogP contribution is 2.25. The van der Waals surface area contributed by atoms with Gasteiger partial charge in [-0.1, -0.05) is 15.9 Å². The molecule has 22 heavy (non-hydrogen) atoms. The van der Waals surface area contributed by atoms with Crippen molar-refractivity contribution in [3.05, 3.63) is 40.1 Å². The average molecular weight is 361 g/mol. The number of nitrogens with one attached hydrogen (secondary N) is 1. The largest absolute Gasteiger partial charge is 0.356 e. The molecule has 4 nitrogen and oxygen atoms in total. The summed E-state index contributed by atoms with van der Waals surface area (Å²) in [5.41, 5.74) is 2.25. The number of aromatic nitrogens is 2. The molecule has 0 bridgehead atoms. The zero-order valence-corrected chi connectivity index (χ0v) is 14.7. The molecule has 1 fully saturated rings. The fraction of sp³-hybridized carbons (Fsp3) is 0.412. The van der Waals surface area contributed by atoms with Gasteiger partial charge in [0.25, 0.3) is 0 Å². The van der Waals surface area contributed by atoms with Crippen molar-refractivity contribution >= 4 is 33.3 Å². The second-order valence-electron chi connectivity index (χ2n) is 5.80. The van der Waals surface area contributed by atoms with Crippen LogP contribution in [0.1, 0.15) is 30.7 Å². The predicted molar refractivity (Wildman–Crippen MR) is 95.0 cm³/mol. The molecule has 1 N–H and O–H groups in total. The second kappa shape index (κ2) is 6.65. The molecule has 1 aliphatic heterocycles. The van der Waals surface area contributed by atoms with Crippen LogP contribution >= 0.6 is 15.9 Å². The first kappa shape index (κ1) is 15.3. The lowest BCUT2D eigenvalue weighted by atomic mass is 10.1. The number of aryl methyl sites for hydroxylation is 2. The molecule has 3 rings (SSSR count). The lowest BCUT2D eigenvalue weighted by Gasteiger charge is -2.28. The van der Waals surface area contributed by atoms with Crippen LogP contribution < -0.4 is 10.2 Å². The molecule has 1 saturated heterocycles. The van der Waals surface area contributed by atoms with E-state index in [1.54, 1.807) is 0 Å². The van der Waals surface area contributed by atoms with Crippen LogP contribution in [0.5, 0.6) is 0 Å². The minimum atomic E-state index is 0.805. The van der Waals surface area contributed by atoms with Gasteiger partial charge in [0.1, 0.15) is 17.5 Å². The molecule has 1 aromatic carbocycles. The lowest BCUT2D eigenvalue weighted by Crippen LogP contribution is -2.30. The van der Waals surface area contributed by atoms with Crippen LogP contribution in [0.2, 0.25) is 0 Å². The van der Waals surface area contributed by atoms with Crippen molar-refractivity contribution in [3.8, 4) is 0 Å². The second-order valence-corrected chi connectivity index (χ2v) is 6.65. The van der Waals surface area contributed by atoms with Gasteiger partial charge in [-0.3, -0.25) is 0 Å². The zero-order chi connectivity index (χ0) is 15.5. The number of rotatable bonds is 3. The summed E-state index contributed by atoms with van der Waals surface area (Å²) in [6, 6.07) is 8.27. The maximum Gasteiger partial charge on any atom is 0.136 e. The van der Waals surface area contributed by atoms with Crippen molar-refractivity contribution in [2.24, 2.45) is 0 Å². The standard InChI is InChI=1S/C17H21BrN4/c1-12-10-14(6-7-15(12)18)21-16-11-17(20-13(2)19-16)22-8-4-3-5-9-22/h6-7,10-11H,3-5,8-9H2,1-2H3,(H,19,20,21). The summed E-state index contributed by atoms with van der Waals surface area (Å²) in [5.74, 6) is 2.69. The normalized spacial score (nSPS) is 15.0. The van der Waals surface area contributed by atoms with Gasteiger partial charge in [-0.2, -0.15) is 0 Å². The Labute approximate surface area is 140 Å². The topological polar surface area (TPSA) is 41.1 Å². The molecule has 1 aliphatic rings. The number of halogens is 1. The molecule has 5 heteroatoms. The Bertz CT molecular complexity index is 666. The van der Waals surface area contributed by atoms with E-state index in [2.05, 4.69) is 67.3 Å². The van der Waals surface area contributed by atoms with E-state index in [4.69, 9.17) is 0 Å². The number of nitrogens with zero attached hydrogens (tertiary/aromatic N) is 3. The quantitative estimate of drug-likeness (QED) is 0.868. The molecule has 1 aromatic heterocycles. The Kier molecular flexibility index (Phi) is 4.62. The summed E-state index contributed by atoms with van der Waals surface area (Å²) in [6.07, 6.45) is 3.82. The van der Waals surface area contributed by atoms with E-state index in [-0.39, 0.29) is 0 Å². The third-order valence-corrected chi connectivity index (χ3v) is 4.82. The molecule has 2 aromatic rings. The highest BCUT2D eigenvalue weighted by atomic mass is 79.9. The number of benzene rings is 1. The van der Waals surface area contributed by atoms with E-state index < -0.39 is 0 Å². The van der Waals surface area contributed by atoms with E-state index in [0.29, 0.717) is 0 Å². The van der Waals surface area contributed by atoms with Crippen LogP contribution in [-0.2, 0) is 0 Å². The lowest BCUT2D eigenvalue weighted by molar-refractivity contribution is 0.572. The number of piperidine rings is 1. The molecule has 116 valence electrons. The van der Waals surface area contributed by atoms with Gasteiger partial charge in [-0.15, -0.1) is 0 Å². The minimum absolute atomic E-state index is 0.805. The summed E-state index contributed by atoms with van der Waals surface area (Å²) in [6.45, 7) is 6.21. The van der Waals surface area contributed by atoms with Gasteiger partial charge < -0.3 is 10.2 Å². The van der Waals surface area contributed by atoms with Crippen LogP contribution in [0.4, 0.5) is 17.3 Å². The van der Waals surface area contributed by atoms with E-state index in [0.717, 1.165) is 40.7 Å². The molecule has 0 unspecified atom stereocenters. The molecule has 0 saturated carbocycles. The van der Waals surface area contributed by atoms with Crippen molar-refractivity contribution in [1.82, 2.24) is 9.97 Å². The summed E-state index contributed by atoms with van der Waals surface area (Å²) < 4.78 is 1.12. The Morgan fingerprint density at radius 2 is 1.82 bits per heavy atom. The molecule has 0 amide bonds. The summed E-state index contributed by atoms with van der Waals surface area (Å²) in [7, 11) is 0. The van der Waals surface area contributed by atoms with Gasteiger partial charge in [-0.25, -0.2) is 9.97 Å². The smallest absolute Gasteiger partial charge is 0.136 e. The van der Waals surface area contributed by atoms with Gasteiger partial charge in [0.15, 0.2) is 0 Å². The van der Waals surface area contributed by atoms with Gasteiger partial charge >= 0.3 is 0 Å². The van der Waals surface area contributed by atoms with Crippen LogP contribution in [-0.4, -0.2) is 23.1 Å². The molecular weight excluding hydrogens is 340 g/mol. The molecule has 0 aliphatic carbocycles. The fourth-order valence-corrected chi connectivity index (χ4v) is 3.02. The summed E-state index contributed by atoms with van der Waals surface area (Å²) in [5, 5.41) is 3.39. The van der Waals surface area contributed by atoms with Crippen LogP contribution in [0.15, 0.2) is 28.7 Å². The number of hydrogen-bond acceptors (Lipinski definition) is 4. The van der Waals surface area contributed by atoms with Gasteiger partial charge in [-0.05, 0) is 56.9 Å². The van der Waals surface area contributed by atoms with Crippen molar-refractivity contribution in [2.45, 2.75) is 33.1 Å². The third kappa shape index (κ3) is 3.58. The molecule has 0 spiro atoms. The van der Waals surface area contributed by atoms with E-state index in [1.165, 1.54) is 24.8 Å². The van der Waals surface area contributed by atoms with E-state index in [1.807, 2.05) is 6.92 Å². The minimum Gasteiger partial charge on any atom is -0.356 e. The monoisotopic (exact) mass is 360 g/mol. The van der Waals surface area contributed by atoms with Crippen molar-refractivity contribution in [3.63, 3.8) is 0 Å². The van der Waals surface area contributed by atoms with Gasteiger partial charge in [0, 0.05) is 29.3 Å². The van der Waals surface area contributed by atoms with Crippen molar-refractivity contribution in [2.75, 3.05) is 23.3 Å². The summed E-state index contributed by atoms with van der Waals surface area (Å²) in [4.78, 5) is 11.5. The van der Waals surface area contributed by atoms with Crippen LogP contribution in [0, 0.1) is 13.8 Å². The summed E-state index contributed by atoms with van der Waals surface area (Å²) >= 11 is 3.53. The van der Waals surface area contributed by atoms with Crippen LogP contribution in [0.3, 0.4) is 0 Å².